The summed E-state index contributed by atoms with van der Waals surface area (Å²) in [7, 11) is 24.8. The van der Waals surface area contributed by atoms with Crippen LogP contribution >= 0.6 is 0 Å². The third kappa shape index (κ3) is 13.2. The van der Waals surface area contributed by atoms with E-state index in [1.54, 1.807) is 0 Å². The van der Waals surface area contributed by atoms with Crippen molar-refractivity contribution in [1.82, 2.24) is 0 Å². The van der Waals surface area contributed by atoms with Crippen LogP contribution < -0.4 is 44.4 Å². The Morgan fingerprint density at radius 3 is 0.650 bits per heavy atom. The van der Waals surface area contributed by atoms with Gasteiger partial charge in [0.15, 0.2) is 11.4 Å². The van der Waals surface area contributed by atoms with Crippen LogP contribution in [0.25, 0.3) is 11.1 Å². The van der Waals surface area contributed by atoms with Gasteiger partial charge >= 0.3 is 0 Å². The van der Waals surface area contributed by atoms with E-state index in [2.05, 4.69) is 259 Å². The summed E-state index contributed by atoms with van der Waals surface area (Å²) >= 11 is 0. The molecule has 0 spiro atoms. The molecule has 6 rings (SSSR count). The molecule has 10 heteroatoms. The molecular formula is C50H64Cl2N6O2. The number of anilines is 4. The Morgan fingerprint density at radius 1 is 0.317 bits per heavy atom. The molecule has 60 heavy (non-hydrogen) atoms. The summed E-state index contributed by atoms with van der Waals surface area (Å²) < 4.78 is 4.25. The molecule has 0 bridgehead atoms. The first-order chi connectivity index (χ1) is 26.7. The third-order valence-corrected chi connectivity index (χ3v) is 10.0. The number of hydrogen-bond donors (Lipinski definition) is 0. The van der Waals surface area contributed by atoms with Crippen LogP contribution in [-0.2, 0) is 0 Å². The first kappa shape index (κ1) is 52.4. The lowest BCUT2D eigenvalue weighted by Gasteiger charge is -2.18. The van der Waals surface area contributed by atoms with Crippen LogP contribution in [0.1, 0.15) is 22.3 Å². The molecule has 0 heterocycles. The summed E-state index contributed by atoms with van der Waals surface area (Å²) in [5.41, 5.74) is 17.1. The Balaban J connectivity index is 0.000000562. The summed E-state index contributed by atoms with van der Waals surface area (Å²) in [6.45, 7) is 0. The number of benzene rings is 4. The largest absolute Gasteiger partial charge is 1.00 e. The van der Waals surface area contributed by atoms with E-state index in [1.165, 1.54) is 78.7 Å². The van der Waals surface area contributed by atoms with Crippen molar-refractivity contribution in [2.24, 2.45) is 0 Å². The Bertz CT molecular complexity index is 1940. The second-order valence-electron chi connectivity index (χ2n) is 15.4. The van der Waals surface area contributed by atoms with Crippen molar-refractivity contribution in [2.75, 3.05) is 104 Å². The first-order valence-corrected chi connectivity index (χ1v) is 19.1. The lowest BCUT2D eigenvalue weighted by atomic mass is 9.90. The zero-order chi connectivity index (χ0) is 40.5. The van der Waals surface area contributed by atoms with Crippen molar-refractivity contribution in [3.05, 3.63) is 179 Å². The van der Waals surface area contributed by atoms with E-state index in [9.17, 15) is 0 Å². The zero-order valence-electron chi connectivity index (χ0n) is 37.3. The molecule has 4 N–H and O–H groups in total. The first-order valence-electron chi connectivity index (χ1n) is 19.1. The summed E-state index contributed by atoms with van der Waals surface area (Å²) in [6.07, 6.45) is 17.6. The van der Waals surface area contributed by atoms with Gasteiger partial charge in [-0.3, -0.25) is 0 Å². The average Bonchev–Trinajstić information content (AvgIpc) is 3.19. The molecule has 4 aromatic carbocycles. The molecule has 0 aromatic heterocycles. The maximum absolute atomic E-state index is 2.21. The number of rotatable bonds is 8. The molecule has 8 nitrogen and oxygen atoms in total. The monoisotopic (exact) mass is 850 g/mol. The van der Waals surface area contributed by atoms with Crippen molar-refractivity contribution >= 4 is 45.3 Å². The maximum Gasteiger partial charge on any atom is 0.199 e. The SMILES string of the molecule is CN(C)c1ccc(C(=C2C=CC(=[N+](C)C)C=C2)c2ccc(N(C)C)cc2)cc1.CN(C)c1ccc(C(=C2C=CC(=[N+](C)C)C=C2)c2ccc(N(C)C)cc2)cc1.O.O.[Cl-].[Cl-]. The predicted molar refractivity (Wildman–Crippen MR) is 253 cm³/mol. The minimum atomic E-state index is 0. The van der Waals surface area contributed by atoms with Gasteiger partial charge in [-0.25, -0.2) is 9.15 Å². The quantitative estimate of drug-likeness (QED) is 0.251. The highest BCUT2D eigenvalue weighted by molar-refractivity contribution is 6.04. The molecule has 0 fully saturated rings. The van der Waals surface area contributed by atoms with Gasteiger partial charge in [-0.15, -0.1) is 0 Å². The molecule has 0 unspecified atom stereocenters. The van der Waals surface area contributed by atoms with Crippen LogP contribution in [0.3, 0.4) is 0 Å². The van der Waals surface area contributed by atoms with Crippen LogP contribution in [0, 0.1) is 0 Å². The molecule has 320 valence electrons. The van der Waals surface area contributed by atoms with Crippen molar-refractivity contribution in [1.29, 1.82) is 0 Å². The third-order valence-electron chi connectivity index (χ3n) is 10.0. The summed E-state index contributed by atoms with van der Waals surface area (Å²) in [5.74, 6) is 0. The lowest BCUT2D eigenvalue weighted by molar-refractivity contribution is -0.462. The highest BCUT2D eigenvalue weighted by atomic mass is 35.5. The van der Waals surface area contributed by atoms with Gasteiger partial charge in [-0.1, -0.05) is 48.5 Å². The van der Waals surface area contributed by atoms with Crippen LogP contribution in [-0.4, -0.2) is 116 Å². The standard InChI is InChI=1S/2C25H30N3.2ClH.2H2O/c2*1-26(2)22-13-7-19(8-14-22)25(20-9-15-23(16-10-20)27(3)4)21-11-17-24(18-12-21)28(5)6;;;;/h2*7-18H,1-6H3;2*1H;2*1H2/q2*+1;;;;/p-2. The molecule has 2 aliphatic carbocycles. The van der Waals surface area contributed by atoms with Gasteiger partial charge in [-0.2, -0.15) is 0 Å². The van der Waals surface area contributed by atoms with Gasteiger partial charge in [0, 0.05) is 103 Å². The molecule has 0 saturated heterocycles. The smallest absolute Gasteiger partial charge is 0.199 e. The Labute approximate surface area is 371 Å². The molecule has 0 atom stereocenters. The number of nitrogens with zero attached hydrogens (tertiary/aromatic N) is 6. The molecule has 0 aliphatic heterocycles. The van der Waals surface area contributed by atoms with E-state index in [0.29, 0.717) is 0 Å². The van der Waals surface area contributed by atoms with Crippen LogP contribution in [0.2, 0.25) is 0 Å². The zero-order valence-corrected chi connectivity index (χ0v) is 38.8. The highest BCUT2D eigenvalue weighted by Crippen LogP contribution is 2.33. The van der Waals surface area contributed by atoms with Crippen molar-refractivity contribution in [2.45, 2.75) is 0 Å². The van der Waals surface area contributed by atoms with Crippen molar-refractivity contribution in [3.8, 4) is 0 Å². The Kier molecular flexibility index (Phi) is 20.8. The molecule has 0 radical (unpaired) electrons. The van der Waals surface area contributed by atoms with Gasteiger partial charge in [-0.05, 0) is 117 Å². The lowest BCUT2D eigenvalue weighted by Crippen LogP contribution is -3.00. The van der Waals surface area contributed by atoms with Crippen LogP contribution in [0.5, 0.6) is 0 Å². The van der Waals surface area contributed by atoms with Crippen LogP contribution in [0.15, 0.2) is 157 Å². The summed E-state index contributed by atoms with van der Waals surface area (Å²) in [4.78, 5) is 8.50. The van der Waals surface area contributed by atoms with Gasteiger partial charge in [0.25, 0.3) is 0 Å². The minimum absolute atomic E-state index is 0. The normalized spacial score (nSPS) is 12.1. The van der Waals surface area contributed by atoms with Gasteiger partial charge in [0.1, 0.15) is 28.2 Å². The van der Waals surface area contributed by atoms with Crippen molar-refractivity contribution in [3.63, 3.8) is 0 Å². The van der Waals surface area contributed by atoms with E-state index in [1.807, 2.05) is 0 Å². The summed E-state index contributed by atoms with van der Waals surface area (Å²) in [6, 6.07) is 35.1. The van der Waals surface area contributed by atoms with Crippen LogP contribution in [0.4, 0.5) is 22.7 Å². The average molecular weight is 852 g/mol. The maximum atomic E-state index is 2.21. The number of hydrogen-bond acceptors (Lipinski definition) is 4. The van der Waals surface area contributed by atoms with Gasteiger partial charge in [0.05, 0.1) is 0 Å². The predicted octanol–water partition coefficient (Wildman–Crippen LogP) is 1.28. The van der Waals surface area contributed by atoms with E-state index in [0.717, 1.165) is 0 Å². The topological polar surface area (TPSA) is 82.0 Å². The van der Waals surface area contributed by atoms with Crippen molar-refractivity contribution < 1.29 is 44.9 Å². The van der Waals surface area contributed by atoms with Gasteiger partial charge in [0.2, 0.25) is 0 Å². The highest BCUT2D eigenvalue weighted by Gasteiger charge is 2.15. The Morgan fingerprint density at radius 2 is 0.500 bits per heavy atom. The number of halogens is 2. The Hall–Kier alpha value is -5.64. The molecule has 4 aromatic rings. The minimum Gasteiger partial charge on any atom is -1.00 e. The fourth-order valence-corrected chi connectivity index (χ4v) is 6.56. The summed E-state index contributed by atoms with van der Waals surface area (Å²) in [5, 5.41) is 0. The van der Waals surface area contributed by atoms with E-state index in [4.69, 9.17) is 0 Å². The van der Waals surface area contributed by atoms with Gasteiger partial charge < -0.3 is 55.4 Å². The second-order valence-corrected chi connectivity index (χ2v) is 15.4. The van der Waals surface area contributed by atoms with E-state index >= 15 is 0 Å². The number of allylic oxidation sites excluding steroid dienone is 10. The van der Waals surface area contributed by atoms with E-state index < -0.39 is 0 Å². The molecule has 2 aliphatic rings. The fourth-order valence-electron chi connectivity index (χ4n) is 6.56. The fraction of sp³-hybridized carbons (Fsp3) is 0.240. The second kappa shape index (κ2) is 23.8. The molecule has 0 saturated carbocycles. The molecule has 0 amide bonds. The molecular weight excluding hydrogens is 787 g/mol. The van der Waals surface area contributed by atoms with E-state index in [-0.39, 0.29) is 35.8 Å².